The second-order valence-corrected chi connectivity index (χ2v) is 5.31. The average Bonchev–Trinajstić information content (AvgIpc) is 2.62. The molecular weight excluding hydrogens is 266 g/mol. The monoisotopic (exact) mass is 281 g/mol. The van der Waals surface area contributed by atoms with Gasteiger partial charge in [0, 0.05) is 16.5 Å². The summed E-state index contributed by atoms with van der Waals surface area (Å²) in [6, 6.07) is 31.3. The van der Waals surface area contributed by atoms with E-state index in [1.54, 1.807) is 0 Å². The van der Waals surface area contributed by atoms with E-state index in [4.69, 9.17) is 4.98 Å². The molecule has 4 rings (SSSR count). The third kappa shape index (κ3) is 2.27. The van der Waals surface area contributed by atoms with Crippen molar-refractivity contribution in [1.82, 2.24) is 4.98 Å². The Labute approximate surface area is 129 Å². The zero-order valence-electron chi connectivity index (χ0n) is 12.1. The van der Waals surface area contributed by atoms with Gasteiger partial charge in [-0.2, -0.15) is 0 Å². The molecule has 1 nitrogen and oxygen atoms in total. The van der Waals surface area contributed by atoms with Crippen LogP contribution in [0.2, 0.25) is 0 Å². The van der Waals surface area contributed by atoms with Crippen molar-refractivity contribution < 1.29 is 0 Å². The summed E-state index contributed by atoms with van der Waals surface area (Å²) < 4.78 is 0. The summed E-state index contributed by atoms with van der Waals surface area (Å²) in [7, 11) is 0. The summed E-state index contributed by atoms with van der Waals surface area (Å²) in [4.78, 5) is 4.92. The Morgan fingerprint density at radius 1 is 0.500 bits per heavy atom. The predicted octanol–water partition coefficient (Wildman–Crippen LogP) is 5.57. The lowest BCUT2D eigenvalue weighted by Gasteiger charge is -2.08. The fourth-order valence-corrected chi connectivity index (χ4v) is 2.77. The number of hydrogen-bond donors (Lipinski definition) is 0. The molecule has 0 radical (unpaired) electrons. The molecule has 22 heavy (non-hydrogen) atoms. The minimum atomic E-state index is 1.01. The highest BCUT2D eigenvalue weighted by Gasteiger charge is 2.06. The van der Waals surface area contributed by atoms with Crippen LogP contribution in [0.25, 0.3) is 33.3 Å². The fourth-order valence-electron chi connectivity index (χ4n) is 2.77. The lowest BCUT2D eigenvalue weighted by atomic mass is 10.0. The van der Waals surface area contributed by atoms with Crippen molar-refractivity contribution in [2.24, 2.45) is 0 Å². The number of hydrogen-bond acceptors (Lipinski definition) is 1. The third-order valence-electron chi connectivity index (χ3n) is 3.87. The first-order valence-electron chi connectivity index (χ1n) is 7.42. The van der Waals surface area contributed by atoms with E-state index >= 15 is 0 Å². The van der Waals surface area contributed by atoms with Crippen LogP contribution in [0, 0.1) is 0 Å². The molecule has 0 atom stereocenters. The van der Waals surface area contributed by atoms with Crippen molar-refractivity contribution in [1.29, 1.82) is 0 Å². The Morgan fingerprint density at radius 2 is 1.18 bits per heavy atom. The van der Waals surface area contributed by atoms with Crippen molar-refractivity contribution in [3.63, 3.8) is 0 Å². The van der Waals surface area contributed by atoms with E-state index in [2.05, 4.69) is 66.7 Å². The molecule has 0 aliphatic carbocycles. The smallest absolute Gasteiger partial charge is 0.0787 e. The van der Waals surface area contributed by atoms with Gasteiger partial charge in [-0.25, -0.2) is 4.98 Å². The number of aromatic nitrogens is 1. The van der Waals surface area contributed by atoms with Crippen LogP contribution >= 0.6 is 0 Å². The van der Waals surface area contributed by atoms with Crippen molar-refractivity contribution in [2.75, 3.05) is 0 Å². The van der Waals surface area contributed by atoms with Gasteiger partial charge in [0.25, 0.3) is 0 Å². The van der Waals surface area contributed by atoms with Crippen molar-refractivity contribution in [2.45, 2.75) is 0 Å². The number of fused-ring (bicyclic) bond motifs is 1. The van der Waals surface area contributed by atoms with E-state index in [1.165, 1.54) is 16.5 Å². The van der Waals surface area contributed by atoms with Gasteiger partial charge in [0.2, 0.25) is 0 Å². The van der Waals surface area contributed by atoms with Crippen LogP contribution in [-0.4, -0.2) is 4.98 Å². The summed E-state index contributed by atoms with van der Waals surface area (Å²) in [6.45, 7) is 0. The van der Waals surface area contributed by atoms with Gasteiger partial charge in [0.05, 0.1) is 11.2 Å². The maximum atomic E-state index is 4.92. The second kappa shape index (κ2) is 5.45. The highest BCUT2D eigenvalue weighted by molar-refractivity contribution is 5.94. The van der Waals surface area contributed by atoms with Gasteiger partial charge >= 0.3 is 0 Å². The standard InChI is InChI=1S/C21H15N/c1-3-8-16(9-4-1)19-13-7-12-18-14-15-20(22-21(18)19)17-10-5-2-6-11-17/h1-15H. The molecule has 0 spiro atoms. The third-order valence-corrected chi connectivity index (χ3v) is 3.87. The summed E-state index contributed by atoms with van der Waals surface area (Å²) in [5, 5.41) is 1.17. The normalized spacial score (nSPS) is 10.7. The largest absolute Gasteiger partial charge is 0.247 e. The Morgan fingerprint density at radius 3 is 1.91 bits per heavy atom. The van der Waals surface area contributed by atoms with Gasteiger partial charge in [-0.15, -0.1) is 0 Å². The summed E-state index contributed by atoms with van der Waals surface area (Å²) in [5.74, 6) is 0. The first kappa shape index (κ1) is 12.8. The van der Waals surface area contributed by atoms with Gasteiger partial charge in [-0.05, 0) is 11.6 Å². The Hall–Kier alpha value is -2.93. The minimum absolute atomic E-state index is 1.01. The number of nitrogens with zero attached hydrogens (tertiary/aromatic N) is 1. The van der Waals surface area contributed by atoms with Crippen molar-refractivity contribution in [3.8, 4) is 22.4 Å². The number of pyridine rings is 1. The molecule has 104 valence electrons. The number of rotatable bonds is 2. The lowest BCUT2D eigenvalue weighted by Crippen LogP contribution is -1.88. The molecule has 4 aromatic rings. The molecule has 1 heterocycles. The number of para-hydroxylation sites is 1. The molecule has 0 aliphatic heterocycles. The summed E-state index contributed by atoms with van der Waals surface area (Å²) >= 11 is 0. The Kier molecular flexibility index (Phi) is 3.17. The maximum Gasteiger partial charge on any atom is 0.0787 e. The SMILES string of the molecule is c1ccc(-c2ccc3cccc(-c4ccccc4)c3n2)cc1. The molecule has 1 heteroatoms. The van der Waals surface area contributed by atoms with Crippen LogP contribution in [0.4, 0.5) is 0 Å². The van der Waals surface area contributed by atoms with Gasteiger partial charge in [-0.3, -0.25) is 0 Å². The topological polar surface area (TPSA) is 12.9 Å². The average molecular weight is 281 g/mol. The van der Waals surface area contributed by atoms with E-state index in [9.17, 15) is 0 Å². The van der Waals surface area contributed by atoms with Crippen LogP contribution in [-0.2, 0) is 0 Å². The zero-order valence-corrected chi connectivity index (χ0v) is 12.1. The zero-order chi connectivity index (χ0) is 14.8. The molecule has 0 saturated heterocycles. The quantitative estimate of drug-likeness (QED) is 0.468. The van der Waals surface area contributed by atoms with Crippen LogP contribution < -0.4 is 0 Å². The van der Waals surface area contributed by atoms with Gasteiger partial charge in [0.15, 0.2) is 0 Å². The molecule has 3 aromatic carbocycles. The Bertz CT molecular complexity index is 912. The molecule has 0 saturated carbocycles. The lowest BCUT2D eigenvalue weighted by molar-refractivity contribution is 1.40. The predicted molar refractivity (Wildman–Crippen MR) is 92.6 cm³/mol. The second-order valence-electron chi connectivity index (χ2n) is 5.31. The molecule has 0 N–H and O–H groups in total. The van der Waals surface area contributed by atoms with E-state index in [0.717, 1.165) is 16.8 Å². The Balaban J connectivity index is 1.95. The van der Waals surface area contributed by atoms with E-state index in [0.29, 0.717) is 0 Å². The molecule has 0 aliphatic rings. The molecule has 0 amide bonds. The van der Waals surface area contributed by atoms with Crippen LogP contribution in [0.1, 0.15) is 0 Å². The van der Waals surface area contributed by atoms with Crippen LogP contribution in [0.3, 0.4) is 0 Å². The van der Waals surface area contributed by atoms with Gasteiger partial charge < -0.3 is 0 Å². The van der Waals surface area contributed by atoms with Crippen LogP contribution in [0.15, 0.2) is 91.0 Å². The summed E-state index contributed by atoms with van der Waals surface area (Å²) in [6.07, 6.45) is 0. The first-order valence-corrected chi connectivity index (χ1v) is 7.42. The highest BCUT2D eigenvalue weighted by atomic mass is 14.7. The maximum absolute atomic E-state index is 4.92. The molecule has 0 bridgehead atoms. The first-order chi connectivity index (χ1) is 10.9. The van der Waals surface area contributed by atoms with E-state index in [-0.39, 0.29) is 0 Å². The highest BCUT2D eigenvalue weighted by Crippen LogP contribution is 2.29. The number of benzene rings is 3. The van der Waals surface area contributed by atoms with Gasteiger partial charge in [-0.1, -0.05) is 84.9 Å². The van der Waals surface area contributed by atoms with E-state index in [1.807, 2.05) is 24.3 Å². The van der Waals surface area contributed by atoms with E-state index < -0.39 is 0 Å². The fraction of sp³-hybridized carbons (Fsp3) is 0. The molecular formula is C21H15N. The van der Waals surface area contributed by atoms with Crippen LogP contribution in [0.5, 0.6) is 0 Å². The minimum Gasteiger partial charge on any atom is -0.247 e. The summed E-state index contributed by atoms with van der Waals surface area (Å²) in [5.41, 5.74) is 5.58. The van der Waals surface area contributed by atoms with Crippen molar-refractivity contribution in [3.05, 3.63) is 91.0 Å². The van der Waals surface area contributed by atoms with Crippen molar-refractivity contribution >= 4 is 10.9 Å². The molecule has 1 aromatic heterocycles. The molecule has 0 unspecified atom stereocenters. The van der Waals surface area contributed by atoms with Gasteiger partial charge in [0.1, 0.15) is 0 Å². The molecule has 0 fully saturated rings.